The van der Waals surface area contributed by atoms with Crippen molar-refractivity contribution >= 4 is 41.5 Å². The van der Waals surface area contributed by atoms with Crippen LogP contribution >= 0.6 is 0 Å². The third-order valence-electron chi connectivity index (χ3n) is 4.68. The van der Waals surface area contributed by atoms with Crippen LogP contribution in [0.5, 0.6) is 0 Å². The Bertz CT molecular complexity index is 982. The van der Waals surface area contributed by atoms with E-state index in [1.807, 2.05) is 0 Å². The smallest absolute Gasteiger partial charge is 0.326 e. The van der Waals surface area contributed by atoms with Gasteiger partial charge in [-0.05, 0) is 6.42 Å². The van der Waals surface area contributed by atoms with E-state index < -0.39 is 78.5 Å². The number of hydrogen-bond acceptors (Lipinski definition) is 9. The first-order chi connectivity index (χ1) is 16.8. The van der Waals surface area contributed by atoms with Crippen LogP contribution in [0.3, 0.4) is 0 Å². The maximum atomic E-state index is 12.7. The number of amides is 5. The first-order valence-electron chi connectivity index (χ1n) is 10.4. The molecule has 0 aliphatic rings. The molecule has 17 heteroatoms. The topological polar surface area (TPSA) is 303 Å². The van der Waals surface area contributed by atoms with Gasteiger partial charge in [-0.25, -0.2) is 9.78 Å². The first-order valence-corrected chi connectivity index (χ1v) is 10.4. The van der Waals surface area contributed by atoms with E-state index in [0.717, 1.165) is 0 Å². The van der Waals surface area contributed by atoms with Gasteiger partial charge in [-0.15, -0.1) is 0 Å². The zero-order chi connectivity index (χ0) is 27.4. The molecular formula is C19H28N8O9. The lowest BCUT2D eigenvalue weighted by atomic mass is 10.1. The largest absolute Gasteiger partial charge is 0.481 e. The molecular weight excluding hydrogens is 484 g/mol. The van der Waals surface area contributed by atoms with Gasteiger partial charge in [-0.3, -0.25) is 28.8 Å². The minimum absolute atomic E-state index is 0.178. The van der Waals surface area contributed by atoms with Gasteiger partial charge < -0.3 is 48.3 Å². The Kier molecular flexibility index (Phi) is 11.5. The normalized spacial score (nSPS) is 13.9. The van der Waals surface area contributed by atoms with E-state index in [0.29, 0.717) is 5.69 Å². The SMILES string of the molecule is NC(=O)CCC(N)C(=O)NC(CC(=O)O)C(=O)NC(CC(N)=O)C(=O)NC(Cc1cnc[nH]1)C(=O)O. The van der Waals surface area contributed by atoms with Gasteiger partial charge in [0, 0.05) is 24.7 Å². The Labute approximate surface area is 203 Å². The number of carbonyl (C=O) groups excluding carboxylic acids is 5. The van der Waals surface area contributed by atoms with Crippen LogP contribution in [-0.2, 0) is 40.0 Å². The molecule has 0 fully saturated rings. The van der Waals surface area contributed by atoms with E-state index in [2.05, 4.69) is 25.9 Å². The summed E-state index contributed by atoms with van der Waals surface area (Å²) in [5.41, 5.74) is 16.1. The molecule has 0 bridgehead atoms. The number of aromatic nitrogens is 2. The second kappa shape index (κ2) is 14.0. The number of primary amides is 2. The molecule has 0 aliphatic carbocycles. The molecule has 1 aromatic heterocycles. The summed E-state index contributed by atoms with van der Waals surface area (Å²) in [5, 5.41) is 24.8. The average Bonchev–Trinajstić information content (AvgIpc) is 3.28. The number of carboxylic acid groups (broad SMARTS) is 2. The van der Waals surface area contributed by atoms with Crippen LogP contribution in [0.25, 0.3) is 0 Å². The van der Waals surface area contributed by atoms with Crippen molar-refractivity contribution in [1.29, 1.82) is 0 Å². The van der Waals surface area contributed by atoms with Crippen LogP contribution < -0.4 is 33.2 Å². The van der Waals surface area contributed by atoms with E-state index >= 15 is 0 Å². The van der Waals surface area contributed by atoms with Crippen LogP contribution in [0.15, 0.2) is 12.5 Å². The number of carbonyl (C=O) groups is 7. The molecule has 0 saturated heterocycles. The summed E-state index contributed by atoms with van der Waals surface area (Å²) < 4.78 is 0. The molecule has 0 radical (unpaired) electrons. The summed E-state index contributed by atoms with van der Waals surface area (Å²) in [7, 11) is 0. The van der Waals surface area contributed by atoms with Gasteiger partial charge in [0.05, 0.1) is 25.2 Å². The number of aliphatic carboxylic acids is 2. The number of carboxylic acids is 2. The minimum Gasteiger partial charge on any atom is -0.481 e. The van der Waals surface area contributed by atoms with Crippen molar-refractivity contribution in [2.75, 3.05) is 0 Å². The van der Waals surface area contributed by atoms with E-state index in [4.69, 9.17) is 22.3 Å². The number of nitrogens with zero attached hydrogens (tertiary/aromatic N) is 1. The molecule has 12 N–H and O–H groups in total. The molecule has 0 spiro atoms. The molecule has 1 aromatic rings. The van der Waals surface area contributed by atoms with Crippen LogP contribution in [-0.4, -0.2) is 85.8 Å². The maximum Gasteiger partial charge on any atom is 0.326 e. The van der Waals surface area contributed by atoms with Gasteiger partial charge in [-0.1, -0.05) is 0 Å². The van der Waals surface area contributed by atoms with Gasteiger partial charge in [0.1, 0.15) is 18.1 Å². The molecule has 0 aromatic carbocycles. The minimum atomic E-state index is -1.74. The molecule has 5 amide bonds. The summed E-state index contributed by atoms with van der Waals surface area (Å²) in [6.07, 6.45) is 0.305. The summed E-state index contributed by atoms with van der Waals surface area (Å²) in [6, 6.07) is -6.22. The Morgan fingerprint density at radius 2 is 1.42 bits per heavy atom. The van der Waals surface area contributed by atoms with E-state index in [1.54, 1.807) is 0 Å². The lowest BCUT2D eigenvalue weighted by molar-refractivity contribution is -0.143. The lowest BCUT2D eigenvalue weighted by Gasteiger charge is -2.24. The quantitative estimate of drug-likeness (QED) is 0.101. The van der Waals surface area contributed by atoms with Crippen LogP contribution in [0.2, 0.25) is 0 Å². The molecule has 1 heterocycles. The fraction of sp³-hybridized carbons (Fsp3) is 0.474. The fourth-order valence-electron chi connectivity index (χ4n) is 2.86. The summed E-state index contributed by atoms with van der Waals surface area (Å²) in [4.78, 5) is 89.1. The highest BCUT2D eigenvalue weighted by molar-refractivity contribution is 5.97. The number of imidazole rings is 1. The molecule has 4 atom stereocenters. The second-order valence-corrected chi connectivity index (χ2v) is 7.68. The summed E-state index contributed by atoms with van der Waals surface area (Å²) >= 11 is 0. The second-order valence-electron chi connectivity index (χ2n) is 7.68. The highest BCUT2D eigenvalue weighted by Gasteiger charge is 2.32. The monoisotopic (exact) mass is 512 g/mol. The number of nitrogens with two attached hydrogens (primary N) is 3. The number of nitrogens with one attached hydrogen (secondary N) is 4. The zero-order valence-corrected chi connectivity index (χ0v) is 18.9. The number of hydrogen-bond donors (Lipinski definition) is 9. The molecule has 17 nitrogen and oxygen atoms in total. The van der Waals surface area contributed by atoms with Crippen LogP contribution in [0, 0.1) is 0 Å². The molecule has 4 unspecified atom stereocenters. The molecule has 1 rings (SSSR count). The number of aromatic amines is 1. The Balaban J connectivity index is 2.97. The summed E-state index contributed by atoms with van der Waals surface area (Å²) in [6.45, 7) is 0. The van der Waals surface area contributed by atoms with Gasteiger partial charge in [-0.2, -0.15) is 0 Å². The van der Waals surface area contributed by atoms with Gasteiger partial charge in [0.2, 0.25) is 29.5 Å². The molecule has 0 aliphatic heterocycles. The molecule has 198 valence electrons. The van der Waals surface area contributed by atoms with Crippen molar-refractivity contribution < 1.29 is 43.8 Å². The van der Waals surface area contributed by atoms with Crippen molar-refractivity contribution in [2.24, 2.45) is 17.2 Å². The number of rotatable bonds is 16. The third kappa shape index (κ3) is 10.6. The van der Waals surface area contributed by atoms with Crippen LogP contribution in [0.1, 0.15) is 31.4 Å². The molecule has 0 saturated carbocycles. The Hall–Kier alpha value is -4.54. The Morgan fingerprint density at radius 1 is 0.861 bits per heavy atom. The zero-order valence-electron chi connectivity index (χ0n) is 18.9. The van der Waals surface area contributed by atoms with Crippen molar-refractivity contribution in [3.63, 3.8) is 0 Å². The molecule has 36 heavy (non-hydrogen) atoms. The van der Waals surface area contributed by atoms with Gasteiger partial charge in [0.15, 0.2) is 0 Å². The van der Waals surface area contributed by atoms with Crippen molar-refractivity contribution in [3.05, 3.63) is 18.2 Å². The summed E-state index contributed by atoms with van der Waals surface area (Å²) in [5.74, 6) is -7.96. The fourth-order valence-corrected chi connectivity index (χ4v) is 2.86. The number of H-pyrrole nitrogens is 1. The predicted molar refractivity (Wildman–Crippen MR) is 118 cm³/mol. The van der Waals surface area contributed by atoms with E-state index in [9.17, 15) is 38.7 Å². The van der Waals surface area contributed by atoms with Crippen molar-refractivity contribution in [1.82, 2.24) is 25.9 Å². The standard InChI is InChI=1S/C19H28N8O9/c20-9(1-2-13(21)28)16(32)25-11(5-15(30)31)18(34)26-10(4-14(22)29)17(33)27-12(19(35)36)3-8-6-23-7-24-8/h6-7,9-12H,1-5,20H2,(H2,21,28)(H2,22,29)(H,23,24)(H,25,32)(H,26,34)(H,27,33)(H,30,31)(H,35,36). The lowest BCUT2D eigenvalue weighted by Crippen LogP contribution is -2.58. The highest BCUT2D eigenvalue weighted by atomic mass is 16.4. The van der Waals surface area contributed by atoms with Gasteiger partial charge >= 0.3 is 11.9 Å². The van der Waals surface area contributed by atoms with Crippen molar-refractivity contribution in [3.8, 4) is 0 Å². The Morgan fingerprint density at radius 3 is 1.89 bits per heavy atom. The first kappa shape index (κ1) is 29.5. The van der Waals surface area contributed by atoms with E-state index in [-0.39, 0.29) is 19.3 Å². The average molecular weight is 512 g/mol. The van der Waals surface area contributed by atoms with E-state index in [1.165, 1.54) is 12.5 Å². The highest BCUT2D eigenvalue weighted by Crippen LogP contribution is 2.03. The third-order valence-corrected chi connectivity index (χ3v) is 4.68. The maximum absolute atomic E-state index is 12.7. The van der Waals surface area contributed by atoms with Crippen molar-refractivity contribution in [2.45, 2.75) is 56.3 Å². The van der Waals surface area contributed by atoms with Crippen LogP contribution in [0.4, 0.5) is 0 Å². The predicted octanol–water partition coefficient (Wildman–Crippen LogP) is -4.57. The van der Waals surface area contributed by atoms with Gasteiger partial charge in [0.25, 0.3) is 0 Å².